The summed E-state index contributed by atoms with van der Waals surface area (Å²) in [6.45, 7) is 7.09. The van der Waals surface area contributed by atoms with E-state index in [0.717, 1.165) is 0 Å². The molecule has 0 bridgehead atoms. The number of benzene rings is 1. The van der Waals surface area contributed by atoms with E-state index in [1.807, 2.05) is 19.2 Å². The van der Waals surface area contributed by atoms with Crippen LogP contribution in [-0.2, 0) is 9.59 Å². The van der Waals surface area contributed by atoms with E-state index in [4.69, 9.17) is 11.5 Å². The maximum atomic E-state index is 12.6. The first-order chi connectivity index (χ1) is 14.8. The summed E-state index contributed by atoms with van der Waals surface area (Å²) < 4.78 is 37.7. The molecule has 0 aromatic heterocycles. The van der Waals surface area contributed by atoms with Crippen molar-refractivity contribution < 1.29 is 22.8 Å². The van der Waals surface area contributed by atoms with Crippen LogP contribution in [0.15, 0.2) is 45.6 Å². The van der Waals surface area contributed by atoms with Crippen molar-refractivity contribution in [2.75, 3.05) is 17.2 Å². The van der Waals surface area contributed by atoms with Gasteiger partial charge in [-0.3, -0.25) is 9.59 Å². The van der Waals surface area contributed by atoms with Gasteiger partial charge in [0.1, 0.15) is 18.4 Å². The van der Waals surface area contributed by atoms with Crippen molar-refractivity contribution in [2.24, 2.45) is 27.4 Å². The van der Waals surface area contributed by atoms with Crippen LogP contribution in [0, 0.1) is 5.92 Å². The number of alkyl halides is 3. The fraction of sp³-hybridized carbons (Fsp3) is 0.400. The summed E-state index contributed by atoms with van der Waals surface area (Å²) in [6, 6.07) is 6.07. The van der Waals surface area contributed by atoms with E-state index in [2.05, 4.69) is 27.3 Å². The Balaban J connectivity index is 3.02. The summed E-state index contributed by atoms with van der Waals surface area (Å²) in [4.78, 5) is 30.6. The Bertz CT molecular complexity index is 878. The van der Waals surface area contributed by atoms with Crippen molar-refractivity contribution in [1.29, 1.82) is 0 Å². The zero-order valence-electron chi connectivity index (χ0n) is 18.1. The molecule has 0 radical (unpaired) electrons. The fourth-order valence-corrected chi connectivity index (χ4v) is 2.46. The maximum absolute atomic E-state index is 12.6. The lowest BCUT2D eigenvalue weighted by Crippen LogP contribution is -2.36. The summed E-state index contributed by atoms with van der Waals surface area (Å²) >= 11 is 0. The molecule has 7 N–H and O–H groups in total. The lowest BCUT2D eigenvalue weighted by molar-refractivity contribution is -0.124. The Morgan fingerprint density at radius 2 is 1.69 bits per heavy atom. The minimum absolute atomic E-state index is 0.161. The molecule has 0 fully saturated rings. The van der Waals surface area contributed by atoms with Gasteiger partial charge in [-0.05, 0) is 50.2 Å². The third kappa shape index (κ3) is 9.49. The molecule has 0 heterocycles. The van der Waals surface area contributed by atoms with Crippen molar-refractivity contribution in [3.05, 3.63) is 35.7 Å². The predicted molar refractivity (Wildman–Crippen MR) is 119 cm³/mol. The second-order valence-electron chi connectivity index (χ2n) is 7.33. The number of carbonyl (C=O) groups is 2. The Kier molecular flexibility index (Phi) is 9.69. The molecular formula is C20H28F3N7O2. The van der Waals surface area contributed by atoms with E-state index in [0.29, 0.717) is 17.8 Å². The minimum Gasteiger partial charge on any atom is -0.374 e. The number of carbonyl (C=O) groups excluding carboxylic acids is 2. The number of anilines is 2. The van der Waals surface area contributed by atoms with Crippen molar-refractivity contribution in [3.8, 4) is 0 Å². The number of amides is 2. The molecule has 0 saturated carbocycles. The van der Waals surface area contributed by atoms with E-state index in [1.54, 1.807) is 24.3 Å². The van der Waals surface area contributed by atoms with Gasteiger partial charge in [0, 0.05) is 11.4 Å². The number of halogens is 3. The number of aliphatic imine (C=N–C) groups is 2. The molecule has 1 aromatic carbocycles. The van der Waals surface area contributed by atoms with Crippen LogP contribution in [0.4, 0.5) is 24.5 Å². The number of nitrogens with two attached hydrogens (primary N) is 2. The number of rotatable bonds is 10. The molecule has 9 nitrogen and oxygen atoms in total. The molecule has 0 saturated heterocycles. The Labute approximate surface area is 184 Å². The van der Waals surface area contributed by atoms with Crippen molar-refractivity contribution in [3.63, 3.8) is 0 Å². The van der Waals surface area contributed by atoms with Crippen LogP contribution in [0.3, 0.4) is 0 Å². The quantitative estimate of drug-likeness (QED) is 0.209. The molecule has 1 aromatic rings. The SMILES string of the molecule is C=NC(=N/C(NCC(F)(F)F)=C(\C)C(N)=O)Nc1ccc(N[C@@H](CC(C)C)C(N)=O)cc1. The number of guanidine groups is 1. The Hall–Kier alpha value is -3.57. The summed E-state index contributed by atoms with van der Waals surface area (Å²) in [5, 5.41) is 7.86. The van der Waals surface area contributed by atoms with Gasteiger partial charge in [0.05, 0.1) is 5.57 Å². The van der Waals surface area contributed by atoms with Crippen LogP contribution in [0.5, 0.6) is 0 Å². The van der Waals surface area contributed by atoms with Gasteiger partial charge in [0.2, 0.25) is 17.8 Å². The summed E-state index contributed by atoms with van der Waals surface area (Å²) in [5.41, 5.74) is 11.5. The first-order valence-corrected chi connectivity index (χ1v) is 9.62. The number of nitrogens with one attached hydrogen (secondary N) is 3. The molecule has 1 atom stereocenters. The third-order valence-corrected chi connectivity index (χ3v) is 4.08. The molecule has 12 heteroatoms. The Morgan fingerprint density at radius 3 is 2.12 bits per heavy atom. The second kappa shape index (κ2) is 11.7. The van der Waals surface area contributed by atoms with Gasteiger partial charge in [0.25, 0.3) is 0 Å². The first-order valence-electron chi connectivity index (χ1n) is 9.62. The van der Waals surface area contributed by atoms with Gasteiger partial charge in [-0.2, -0.15) is 18.2 Å². The molecule has 0 unspecified atom stereocenters. The van der Waals surface area contributed by atoms with Crippen LogP contribution in [0.25, 0.3) is 0 Å². The van der Waals surface area contributed by atoms with Crippen LogP contribution in [0.2, 0.25) is 0 Å². The molecule has 0 aliphatic rings. The van der Waals surface area contributed by atoms with Crippen LogP contribution in [0.1, 0.15) is 27.2 Å². The summed E-state index contributed by atoms with van der Waals surface area (Å²) in [6.07, 6.45) is -3.97. The molecule has 0 spiro atoms. The highest BCUT2D eigenvalue weighted by Crippen LogP contribution is 2.18. The molecule has 176 valence electrons. The largest absolute Gasteiger partial charge is 0.405 e. The van der Waals surface area contributed by atoms with Crippen LogP contribution in [-0.4, -0.2) is 43.3 Å². The monoisotopic (exact) mass is 455 g/mol. The van der Waals surface area contributed by atoms with E-state index >= 15 is 0 Å². The van der Waals surface area contributed by atoms with Crippen LogP contribution < -0.4 is 27.4 Å². The van der Waals surface area contributed by atoms with E-state index < -0.39 is 30.6 Å². The number of nitrogens with zero attached hydrogens (tertiary/aromatic N) is 2. The zero-order chi connectivity index (χ0) is 24.5. The normalized spacial score (nSPS) is 13.8. The fourth-order valence-electron chi connectivity index (χ4n) is 2.46. The van der Waals surface area contributed by atoms with Crippen molar-refractivity contribution in [2.45, 2.75) is 39.4 Å². The minimum atomic E-state index is -4.53. The molecule has 32 heavy (non-hydrogen) atoms. The topological polar surface area (TPSA) is 147 Å². The maximum Gasteiger partial charge on any atom is 0.405 e. The van der Waals surface area contributed by atoms with Gasteiger partial charge in [0.15, 0.2) is 0 Å². The average molecular weight is 455 g/mol. The van der Waals surface area contributed by atoms with Gasteiger partial charge in [-0.15, -0.1) is 0 Å². The standard InChI is InChI=1S/C20H28F3N7O2/c1-11(2)9-15(17(25)32)28-13-5-7-14(8-6-13)29-19(26-4)30-18(12(3)16(24)31)27-10-20(21,22)23/h5-8,11,15,27-28H,4,9-10H2,1-3H3,(H2,24,31)(H2,25,32)(H,29,30)/b18-12+/t15-/m0/s1. The van der Waals surface area contributed by atoms with Gasteiger partial charge < -0.3 is 27.4 Å². The number of hydrogen-bond donors (Lipinski definition) is 5. The van der Waals surface area contributed by atoms with Gasteiger partial charge in [-0.25, -0.2) is 4.99 Å². The first kappa shape index (κ1) is 26.5. The molecule has 0 aliphatic heterocycles. The second-order valence-corrected chi connectivity index (χ2v) is 7.33. The van der Waals surface area contributed by atoms with E-state index in [9.17, 15) is 22.8 Å². The van der Waals surface area contributed by atoms with Crippen LogP contribution >= 0.6 is 0 Å². The van der Waals surface area contributed by atoms with Crippen molar-refractivity contribution >= 4 is 35.9 Å². The smallest absolute Gasteiger partial charge is 0.374 e. The third-order valence-electron chi connectivity index (χ3n) is 4.08. The van der Waals surface area contributed by atoms with E-state index in [-0.39, 0.29) is 23.3 Å². The lowest BCUT2D eigenvalue weighted by atomic mass is 10.0. The van der Waals surface area contributed by atoms with Crippen molar-refractivity contribution in [1.82, 2.24) is 5.32 Å². The van der Waals surface area contributed by atoms with E-state index in [1.165, 1.54) is 6.92 Å². The lowest BCUT2D eigenvalue weighted by Gasteiger charge is -2.19. The summed E-state index contributed by atoms with van der Waals surface area (Å²) in [5.74, 6) is -1.70. The average Bonchev–Trinajstić information content (AvgIpc) is 2.69. The highest BCUT2D eigenvalue weighted by atomic mass is 19.4. The van der Waals surface area contributed by atoms with Gasteiger partial charge in [-0.1, -0.05) is 13.8 Å². The summed E-state index contributed by atoms with van der Waals surface area (Å²) in [7, 11) is 0. The number of hydrogen-bond acceptors (Lipinski definition) is 5. The highest BCUT2D eigenvalue weighted by molar-refractivity contribution is 5.98. The molecule has 2 amide bonds. The molecular weight excluding hydrogens is 427 g/mol. The van der Waals surface area contributed by atoms with Gasteiger partial charge >= 0.3 is 6.18 Å². The predicted octanol–water partition coefficient (Wildman–Crippen LogP) is 2.34. The highest BCUT2D eigenvalue weighted by Gasteiger charge is 2.27. The Morgan fingerprint density at radius 1 is 1.12 bits per heavy atom. The molecule has 0 aliphatic carbocycles. The molecule has 1 rings (SSSR count). The number of primary amides is 2. The zero-order valence-corrected chi connectivity index (χ0v) is 18.1.